The number of halogens is 1. The summed E-state index contributed by atoms with van der Waals surface area (Å²) >= 11 is 0. The van der Waals surface area contributed by atoms with Crippen LogP contribution in [0.15, 0.2) is 42.5 Å². The molecule has 0 fully saturated rings. The third kappa shape index (κ3) is 2.38. The van der Waals surface area contributed by atoms with Crippen molar-refractivity contribution < 1.29 is 4.39 Å². The van der Waals surface area contributed by atoms with E-state index in [1.54, 1.807) is 12.1 Å². The zero-order valence-corrected chi connectivity index (χ0v) is 11.8. The van der Waals surface area contributed by atoms with Gasteiger partial charge in [0.1, 0.15) is 11.5 Å². The van der Waals surface area contributed by atoms with Gasteiger partial charge in [0.25, 0.3) is 0 Å². The molecule has 1 heterocycles. The molecule has 4 nitrogen and oxygen atoms in total. The lowest BCUT2D eigenvalue weighted by Gasteiger charge is -2.06. The first kappa shape index (κ1) is 13.3. The SMILES string of the molecule is Cc1ccc(-c2nnn(-c3cccc(F)c3)c2N)c(C)c1. The van der Waals surface area contributed by atoms with E-state index in [9.17, 15) is 4.39 Å². The van der Waals surface area contributed by atoms with E-state index >= 15 is 0 Å². The minimum Gasteiger partial charge on any atom is -0.382 e. The van der Waals surface area contributed by atoms with Crippen molar-refractivity contribution in [2.24, 2.45) is 0 Å². The Hall–Kier alpha value is -2.69. The summed E-state index contributed by atoms with van der Waals surface area (Å²) in [5.41, 5.74) is 10.5. The summed E-state index contributed by atoms with van der Waals surface area (Å²) < 4.78 is 14.8. The van der Waals surface area contributed by atoms with E-state index in [4.69, 9.17) is 5.73 Å². The minimum absolute atomic E-state index is 0.338. The van der Waals surface area contributed by atoms with Crippen molar-refractivity contribution in [3.63, 3.8) is 0 Å². The Morgan fingerprint density at radius 3 is 2.62 bits per heavy atom. The van der Waals surface area contributed by atoms with E-state index in [1.807, 2.05) is 26.0 Å². The summed E-state index contributed by atoms with van der Waals surface area (Å²) in [6, 6.07) is 12.1. The molecule has 21 heavy (non-hydrogen) atoms. The number of benzene rings is 2. The Morgan fingerprint density at radius 1 is 1.10 bits per heavy atom. The molecule has 0 amide bonds. The van der Waals surface area contributed by atoms with Gasteiger partial charge in [-0.15, -0.1) is 5.10 Å². The van der Waals surface area contributed by atoms with Gasteiger partial charge < -0.3 is 5.73 Å². The first-order valence-electron chi connectivity index (χ1n) is 6.61. The molecule has 0 saturated heterocycles. The van der Waals surface area contributed by atoms with Crippen molar-refractivity contribution >= 4 is 5.82 Å². The highest BCUT2D eigenvalue weighted by Crippen LogP contribution is 2.28. The van der Waals surface area contributed by atoms with Crippen LogP contribution in [-0.2, 0) is 0 Å². The van der Waals surface area contributed by atoms with Crippen molar-refractivity contribution in [3.05, 3.63) is 59.4 Å². The molecule has 3 rings (SSSR count). The second-order valence-electron chi connectivity index (χ2n) is 5.03. The lowest BCUT2D eigenvalue weighted by Crippen LogP contribution is -2.02. The average Bonchev–Trinajstić information content (AvgIpc) is 2.81. The van der Waals surface area contributed by atoms with E-state index in [0.717, 1.165) is 11.1 Å². The molecule has 0 aliphatic rings. The van der Waals surface area contributed by atoms with Crippen LogP contribution in [0, 0.1) is 19.7 Å². The first-order chi connectivity index (χ1) is 10.1. The van der Waals surface area contributed by atoms with Crippen molar-refractivity contribution in [2.45, 2.75) is 13.8 Å². The van der Waals surface area contributed by atoms with Crippen molar-refractivity contribution in [2.75, 3.05) is 5.73 Å². The Balaban J connectivity index is 2.11. The normalized spacial score (nSPS) is 10.8. The molecule has 0 radical (unpaired) electrons. The van der Waals surface area contributed by atoms with E-state index in [1.165, 1.54) is 22.4 Å². The Kier molecular flexibility index (Phi) is 3.17. The van der Waals surface area contributed by atoms with Gasteiger partial charge in [0.15, 0.2) is 5.82 Å². The van der Waals surface area contributed by atoms with E-state index in [0.29, 0.717) is 17.2 Å². The van der Waals surface area contributed by atoms with E-state index < -0.39 is 0 Å². The van der Waals surface area contributed by atoms with Crippen molar-refractivity contribution in [1.82, 2.24) is 15.0 Å². The second kappa shape index (κ2) is 5.01. The molecule has 3 aromatic rings. The highest BCUT2D eigenvalue weighted by molar-refractivity contribution is 5.73. The Morgan fingerprint density at radius 2 is 1.90 bits per heavy atom. The number of rotatable bonds is 2. The predicted octanol–water partition coefficient (Wildman–Crippen LogP) is 3.27. The molecule has 1 aromatic heterocycles. The summed E-state index contributed by atoms with van der Waals surface area (Å²) in [5.74, 6) is 0.0584. The molecular weight excluding hydrogens is 267 g/mol. The largest absolute Gasteiger partial charge is 0.382 e. The minimum atomic E-state index is -0.338. The molecule has 2 aromatic carbocycles. The maximum atomic E-state index is 13.3. The summed E-state index contributed by atoms with van der Waals surface area (Å²) in [6.45, 7) is 4.03. The van der Waals surface area contributed by atoms with Crippen molar-refractivity contribution in [1.29, 1.82) is 0 Å². The zero-order chi connectivity index (χ0) is 15.0. The van der Waals surface area contributed by atoms with Crippen LogP contribution in [-0.4, -0.2) is 15.0 Å². The second-order valence-corrected chi connectivity index (χ2v) is 5.03. The first-order valence-corrected chi connectivity index (χ1v) is 6.61. The maximum absolute atomic E-state index is 13.3. The fourth-order valence-electron chi connectivity index (χ4n) is 2.36. The fraction of sp³-hybridized carbons (Fsp3) is 0.125. The summed E-state index contributed by atoms with van der Waals surface area (Å²) in [4.78, 5) is 0. The highest BCUT2D eigenvalue weighted by Gasteiger charge is 2.15. The molecule has 0 bridgehead atoms. The van der Waals surface area contributed by atoms with Gasteiger partial charge in [-0.05, 0) is 37.6 Å². The number of nitrogen functional groups attached to an aromatic ring is 1. The Bertz CT molecular complexity index is 808. The van der Waals surface area contributed by atoms with Gasteiger partial charge in [-0.25, -0.2) is 4.39 Å². The summed E-state index contributed by atoms with van der Waals surface area (Å²) in [5, 5.41) is 8.19. The number of aromatic nitrogens is 3. The third-order valence-electron chi connectivity index (χ3n) is 3.39. The van der Waals surface area contributed by atoms with Gasteiger partial charge >= 0.3 is 0 Å². The van der Waals surface area contributed by atoms with Gasteiger partial charge in [0.2, 0.25) is 0 Å². The third-order valence-corrected chi connectivity index (χ3v) is 3.39. The Labute approximate surface area is 122 Å². The molecule has 106 valence electrons. The topological polar surface area (TPSA) is 56.7 Å². The fourth-order valence-corrected chi connectivity index (χ4v) is 2.36. The molecule has 0 spiro atoms. The molecule has 5 heteroatoms. The quantitative estimate of drug-likeness (QED) is 0.784. The van der Waals surface area contributed by atoms with Crippen LogP contribution in [0.25, 0.3) is 16.9 Å². The van der Waals surface area contributed by atoms with Gasteiger partial charge in [-0.3, -0.25) is 0 Å². The standard InChI is InChI=1S/C16H15FN4/c1-10-6-7-14(11(2)8-10)15-16(18)21(20-19-15)13-5-3-4-12(17)9-13/h3-9H,18H2,1-2H3. The monoisotopic (exact) mass is 282 g/mol. The maximum Gasteiger partial charge on any atom is 0.155 e. The van der Waals surface area contributed by atoms with Crippen LogP contribution < -0.4 is 5.73 Å². The van der Waals surface area contributed by atoms with Gasteiger partial charge in [0.05, 0.1) is 5.69 Å². The van der Waals surface area contributed by atoms with Crippen LogP contribution in [0.5, 0.6) is 0 Å². The van der Waals surface area contributed by atoms with Crippen LogP contribution in [0.4, 0.5) is 10.2 Å². The lowest BCUT2D eigenvalue weighted by atomic mass is 10.0. The number of hydrogen-bond donors (Lipinski definition) is 1. The molecule has 0 atom stereocenters. The molecule has 0 unspecified atom stereocenters. The number of nitrogens with zero attached hydrogens (tertiary/aromatic N) is 3. The van der Waals surface area contributed by atoms with Gasteiger partial charge in [0, 0.05) is 5.56 Å². The van der Waals surface area contributed by atoms with E-state index in [-0.39, 0.29) is 5.82 Å². The number of nitrogens with two attached hydrogens (primary N) is 1. The van der Waals surface area contributed by atoms with Crippen LogP contribution in [0.1, 0.15) is 11.1 Å². The summed E-state index contributed by atoms with van der Waals surface area (Å²) in [7, 11) is 0. The number of aryl methyl sites for hydroxylation is 2. The zero-order valence-electron chi connectivity index (χ0n) is 11.8. The molecule has 0 aliphatic carbocycles. The average molecular weight is 282 g/mol. The molecule has 0 saturated carbocycles. The van der Waals surface area contributed by atoms with Crippen LogP contribution in [0.2, 0.25) is 0 Å². The van der Waals surface area contributed by atoms with Crippen LogP contribution in [0.3, 0.4) is 0 Å². The van der Waals surface area contributed by atoms with Crippen LogP contribution >= 0.6 is 0 Å². The van der Waals surface area contributed by atoms with Gasteiger partial charge in [-0.1, -0.05) is 35.0 Å². The molecule has 2 N–H and O–H groups in total. The lowest BCUT2D eigenvalue weighted by molar-refractivity contribution is 0.625. The molecular formula is C16H15FN4. The van der Waals surface area contributed by atoms with E-state index in [2.05, 4.69) is 16.4 Å². The number of anilines is 1. The van der Waals surface area contributed by atoms with Gasteiger partial charge in [-0.2, -0.15) is 4.68 Å². The number of hydrogen-bond acceptors (Lipinski definition) is 3. The smallest absolute Gasteiger partial charge is 0.155 e. The molecule has 0 aliphatic heterocycles. The summed E-state index contributed by atoms with van der Waals surface area (Å²) in [6.07, 6.45) is 0. The predicted molar refractivity (Wildman–Crippen MR) is 80.6 cm³/mol. The highest BCUT2D eigenvalue weighted by atomic mass is 19.1. The van der Waals surface area contributed by atoms with Crippen molar-refractivity contribution in [3.8, 4) is 16.9 Å².